The van der Waals surface area contributed by atoms with Crippen molar-refractivity contribution in [3.8, 4) is 6.07 Å². The lowest BCUT2D eigenvalue weighted by Gasteiger charge is -2.31. The lowest BCUT2D eigenvalue weighted by Crippen LogP contribution is -2.36. The van der Waals surface area contributed by atoms with Crippen molar-refractivity contribution in [2.24, 2.45) is 0 Å². The maximum Gasteiger partial charge on any atom is 0.200 e. The summed E-state index contributed by atoms with van der Waals surface area (Å²) in [6, 6.07) is 5.54. The van der Waals surface area contributed by atoms with Crippen LogP contribution in [0.3, 0.4) is 0 Å². The maximum atomic E-state index is 12.6. The molecule has 0 radical (unpaired) electrons. The van der Waals surface area contributed by atoms with Gasteiger partial charge in [0.05, 0.1) is 18.9 Å². The van der Waals surface area contributed by atoms with Crippen molar-refractivity contribution >= 4 is 39.2 Å². The molecule has 1 unspecified atom stereocenters. The summed E-state index contributed by atoms with van der Waals surface area (Å²) in [6.07, 6.45) is 5.29. The number of hydrogen-bond donors (Lipinski definition) is 1. The Labute approximate surface area is 161 Å². The number of carbonyl (C=O) groups excluding carboxylic acids is 1. The maximum absolute atomic E-state index is 12.6. The zero-order valence-electron chi connectivity index (χ0n) is 14.8. The Morgan fingerprint density at radius 3 is 2.81 bits per heavy atom. The molecule has 1 atom stereocenters. The number of ketones is 1. The normalized spacial score (nSPS) is 19.4. The number of morpholine rings is 1. The topological polar surface area (TPSA) is 68.6 Å². The molecule has 0 aromatic heterocycles. The Bertz CT molecular complexity index is 804. The van der Waals surface area contributed by atoms with Gasteiger partial charge in [-0.05, 0) is 33.6 Å². The van der Waals surface area contributed by atoms with Crippen LogP contribution in [0.15, 0.2) is 34.5 Å². The molecule has 1 aromatic rings. The fraction of sp³-hybridized carbons (Fsp3) is 0.368. The Kier molecular flexibility index (Phi) is 5.64. The van der Waals surface area contributed by atoms with Crippen molar-refractivity contribution in [3.63, 3.8) is 0 Å². The van der Waals surface area contributed by atoms with Crippen molar-refractivity contribution in [1.29, 1.82) is 5.26 Å². The summed E-state index contributed by atoms with van der Waals surface area (Å²) in [6.45, 7) is 3.17. The van der Waals surface area contributed by atoms with Crippen LogP contribution in [0.4, 0.5) is 11.4 Å². The van der Waals surface area contributed by atoms with Crippen molar-refractivity contribution in [2.75, 3.05) is 50.6 Å². The average Bonchev–Trinajstić information content (AvgIpc) is 2.65. The third-order valence-electron chi connectivity index (χ3n) is 4.31. The number of nitrogens with one attached hydrogen (secondary N) is 1. The molecule has 0 aliphatic carbocycles. The van der Waals surface area contributed by atoms with Gasteiger partial charge in [0, 0.05) is 43.5 Å². The van der Waals surface area contributed by atoms with Gasteiger partial charge in [-0.15, -0.1) is 0 Å². The second kappa shape index (κ2) is 7.94. The molecule has 0 amide bonds. The molecule has 2 heterocycles. The van der Waals surface area contributed by atoms with Crippen molar-refractivity contribution < 1.29 is 9.53 Å². The summed E-state index contributed by atoms with van der Waals surface area (Å²) in [5, 5.41) is 12.5. The molecular weight excluding hydrogens is 396 g/mol. The van der Waals surface area contributed by atoms with E-state index in [2.05, 4.69) is 32.2 Å². The van der Waals surface area contributed by atoms with Crippen LogP contribution in [0.5, 0.6) is 0 Å². The van der Waals surface area contributed by atoms with E-state index in [1.807, 2.05) is 24.3 Å². The number of nitrogens with zero attached hydrogens (tertiary/aromatic N) is 3. The second-order valence-electron chi connectivity index (χ2n) is 6.45. The highest BCUT2D eigenvalue weighted by Gasteiger charge is 2.25. The Morgan fingerprint density at radius 1 is 1.42 bits per heavy atom. The number of carbonyl (C=O) groups is 1. The number of anilines is 2. The van der Waals surface area contributed by atoms with E-state index in [9.17, 15) is 10.1 Å². The second-order valence-corrected chi connectivity index (χ2v) is 7.31. The number of nitriles is 1. The predicted molar refractivity (Wildman–Crippen MR) is 106 cm³/mol. The van der Waals surface area contributed by atoms with Crippen LogP contribution in [-0.2, 0) is 9.53 Å². The van der Waals surface area contributed by atoms with E-state index in [-0.39, 0.29) is 11.4 Å². The van der Waals surface area contributed by atoms with Crippen LogP contribution in [0.25, 0.3) is 6.08 Å². The molecule has 26 heavy (non-hydrogen) atoms. The first-order valence-electron chi connectivity index (χ1n) is 8.43. The number of fused-ring (bicyclic) bond motifs is 1. The zero-order valence-corrected chi connectivity index (χ0v) is 16.4. The van der Waals surface area contributed by atoms with Gasteiger partial charge in [-0.3, -0.25) is 4.79 Å². The summed E-state index contributed by atoms with van der Waals surface area (Å²) >= 11 is 3.64. The summed E-state index contributed by atoms with van der Waals surface area (Å²) in [4.78, 5) is 16.6. The summed E-state index contributed by atoms with van der Waals surface area (Å²) in [7, 11) is 3.57. The van der Waals surface area contributed by atoms with E-state index < -0.39 is 6.04 Å². The fourth-order valence-corrected chi connectivity index (χ4v) is 3.62. The molecule has 136 valence electrons. The average molecular weight is 417 g/mol. The monoisotopic (exact) mass is 416 g/mol. The van der Waals surface area contributed by atoms with Gasteiger partial charge in [-0.2, -0.15) is 5.26 Å². The molecule has 3 rings (SSSR count). The molecule has 1 N–H and O–H groups in total. The standard InChI is InChI=1S/C19H21BrN4O2/c1-23(2)12-14(11-21)19(25)16-4-3-13-9-18(15(20)10-17(13)22-16)24-5-7-26-8-6-24/h3-4,9-10,12,16,22H,5-8H2,1-2H3/b14-12+. The van der Waals surface area contributed by atoms with E-state index in [0.717, 1.165) is 47.7 Å². The minimum Gasteiger partial charge on any atom is -0.382 e. The molecule has 0 spiro atoms. The van der Waals surface area contributed by atoms with E-state index in [1.54, 1.807) is 25.2 Å². The first-order chi connectivity index (χ1) is 12.5. The molecule has 0 saturated carbocycles. The Morgan fingerprint density at radius 2 is 2.15 bits per heavy atom. The van der Waals surface area contributed by atoms with Gasteiger partial charge in [-0.25, -0.2) is 0 Å². The van der Waals surface area contributed by atoms with Gasteiger partial charge in [0.1, 0.15) is 17.7 Å². The molecule has 1 fully saturated rings. The summed E-state index contributed by atoms with van der Waals surface area (Å²) < 4.78 is 6.39. The first-order valence-corrected chi connectivity index (χ1v) is 9.22. The predicted octanol–water partition coefficient (Wildman–Crippen LogP) is 2.63. The third kappa shape index (κ3) is 3.92. The van der Waals surface area contributed by atoms with Crippen LogP contribution < -0.4 is 10.2 Å². The van der Waals surface area contributed by atoms with Crippen LogP contribution in [0.2, 0.25) is 0 Å². The highest BCUT2D eigenvalue weighted by atomic mass is 79.9. The fourth-order valence-electron chi connectivity index (χ4n) is 3.03. The molecule has 7 heteroatoms. The number of benzene rings is 1. The highest BCUT2D eigenvalue weighted by molar-refractivity contribution is 9.10. The van der Waals surface area contributed by atoms with Crippen molar-refractivity contribution in [3.05, 3.63) is 40.0 Å². The van der Waals surface area contributed by atoms with Crippen molar-refractivity contribution in [1.82, 2.24) is 4.90 Å². The number of rotatable bonds is 4. The summed E-state index contributed by atoms with van der Waals surface area (Å²) in [5.74, 6) is -0.239. The molecule has 6 nitrogen and oxygen atoms in total. The molecule has 2 aliphatic rings. The van der Waals surface area contributed by atoms with Crippen LogP contribution in [0.1, 0.15) is 5.56 Å². The van der Waals surface area contributed by atoms with Crippen LogP contribution in [-0.4, -0.2) is 57.1 Å². The van der Waals surface area contributed by atoms with Gasteiger partial charge in [0.25, 0.3) is 0 Å². The number of halogens is 1. The lowest BCUT2D eigenvalue weighted by molar-refractivity contribution is -0.115. The third-order valence-corrected chi connectivity index (χ3v) is 4.94. The first kappa shape index (κ1) is 18.5. The quantitative estimate of drug-likeness (QED) is 0.600. The van der Waals surface area contributed by atoms with Gasteiger partial charge < -0.3 is 19.9 Å². The van der Waals surface area contributed by atoms with Gasteiger partial charge in [0.2, 0.25) is 5.78 Å². The van der Waals surface area contributed by atoms with Gasteiger partial charge in [0.15, 0.2) is 0 Å². The molecule has 1 aromatic carbocycles. The number of hydrogen-bond acceptors (Lipinski definition) is 6. The lowest BCUT2D eigenvalue weighted by atomic mass is 9.99. The van der Waals surface area contributed by atoms with Gasteiger partial charge >= 0.3 is 0 Å². The van der Waals surface area contributed by atoms with E-state index in [0.29, 0.717) is 0 Å². The smallest absolute Gasteiger partial charge is 0.200 e. The molecule has 0 bridgehead atoms. The van der Waals surface area contributed by atoms with Gasteiger partial charge in [-0.1, -0.05) is 12.2 Å². The molecule has 2 aliphatic heterocycles. The number of Topliss-reactive ketones (excluding diaryl/α,β-unsaturated/α-hetero) is 1. The van der Waals surface area contributed by atoms with E-state index >= 15 is 0 Å². The van der Waals surface area contributed by atoms with Crippen molar-refractivity contribution in [2.45, 2.75) is 6.04 Å². The van der Waals surface area contributed by atoms with E-state index in [1.165, 1.54) is 0 Å². The minimum absolute atomic E-state index is 0.129. The van der Waals surface area contributed by atoms with Crippen LogP contribution in [0, 0.1) is 11.3 Å². The minimum atomic E-state index is -0.547. The zero-order chi connectivity index (χ0) is 18.7. The highest BCUT2D eigenvalue weighted by Crippen LogP contribution is 2.35. The SMILES string of the molecule is CN(C)/C=C(\C#N)C(=O)C1C=Cc2cc(N3CCOCC3)c(Br)cc2N1. The molecule has 1 saturated heterocycles. The Balaban J connectivity index is 1.83. The van der Waals surface area contributed by atoms with Crippen LogP contribution >= 0.6 is 15.9 Å². The Hall–Kier alpha value is -2.30. The molecular formula is C19H21BrN4O2. The summed E-state index contributed by atoms with van der Waals surface area (Å²) in [5.41, 5.74) is 3.14. The van der Waals surface area contributed by atoms with E-state index in [4.69, 9.17) is 4.74 Å². The largest absolute Gasteiger partial charge is 0.382 e. The number of ether oxygens (including phenoxy) is 1.